The van der Waals surface area contributed by atoms with E-state index in [0.29, 0.717) is 83.2 Å². The van der Waals surface area contributed by atoms with Gasteiger partial charge in [-0.25, -0.2) is 49.8 Å². The molecule has 0 fully saturated rings. The van der Waals surface area contributed by atoms with Crippen molar-refractivity contribution in [2.24, 2.45) is 0 Å². The Morgan fingerprint density at radius 3 is 1.39 bits per heavy atom. The molecule has 0 spiro atoms. The quantitative estimate of drug-likeness (QED) is 0.0230. The molecule has 3 aromatic carbocycles. The first-order valence-corrected chi connectivity index (χ1v) is 39.0. The number of H-pyrrole nitrogens is 1. The lowest BCUT2D eigenvalue weighted by atomic mass is 10.2. The smallest absolute Gasteiger partial charge is 0.335 e. The largest absolute Gasteiger partial charge is 0.368 e. The number of fused-ring (bicyclic) bond motifs is 4. The van der Waals surface area contributed by atoms with Crippen molar-refractivity contribution < 1.29 is 32.9 Å². The monoisotopic (exact) mass is 1510 g/mol. The number of aromatic amines is 1. The van der Waals surface area contributed by atoms with Crippen LogP contribution in [0.2, 0.25) is 10.3 Å². The number of nitrogens with one attached hydrogen (secondary N) is 3. The van der Waals surface area contributed by atoms with Crippen molar-refractivity contribution in [3.05, 3.63) is 129 Å². The number of nitrogens with two attached hydrogens (primary N) is 1. The van der Waals surface area contributed by atoms with Gasteiger partial charge in [0.25, 0.3) is 0 Å². The maximum atomic E-state index is 12.5. The molecule has 0 saturated carbocycles. The van der Waals surface area contributed by atoms with E-state index in [2.05, 4.69) is 103 Å². The minimum Gasteiger partial charge on any atom is -0.368 e. The summed E-state index contributed by atoms with van der Waals surface area (Å²) in [6.07, 6.45) is 8.14. The average molecular weight is 1510 g/mol. The number of nitriles is 1. The fraction of sp³-hybridized carbons (Fsp3) is 0.350. The molecule has 34 heteroatoms. The number of imidazole rings is 4. The molecule has 0 radical (unpaired) electrons. The summed E-state index contributed by atoms with van der Waals surface area (Å²) in [5, 5.41) is 16.3. The number of benzene rings is 3. The highest BCUT2D eigenvalue weighted by molar-refractivity contribution is 14.1. The summed E-state index contributed by atoms with van der Waals surface area (Å²) in [5.74, 6) is 1.48. The van der Waals surface area contributed by atoms with E-state index in [0.717, 1.165) is 39.3 Å². The van der Waals surface area contributed by atoms with E-state index in [-0.39, 0.29) is 30.8 Å². The van der Waals surface area contributed by atoms with Gasteiger partial charge in [-0.15, -0.1) is 0 Å². The molecule has 27 nitrogen and oxygen atoms in total. The predicted molar refractivity (Wildman–Crippen MR) is 388 cm³/mol. The van der Waals surface area contributed by atoms with Crippen LogP contribution in [0.4, 0.5) is 29.0 Å². The van der Waals surface area contributed by atoms with Gasteiger partial charge in [0.05, 0.1) is 31.4 Å². The zero-order chi connectivity index (χ0) is 68.9. The number of hydrogen-bond donors (Lipinski definition) is 7. The SMILES string of the molecule is C.CC#N.CC(C)n1cnc2c(Cl)nc(I)nc21.CCP(C)(=O)c1ccc(C)cc1.CCP(C)(=O)c1ccc(Nc2nc(C)nc3c2ncn3C(C)C)cc1.Cc1nc(Nc2ccc(P(=O)(O)CP(=O)(O)O)cc2)c2ncn(C(C)C)c2n1.Nc1nc(Cl)c2[nH]cnc2n1. The summed E-state index contributed by atoms with van der Waals surface area (Å²) in [4.78, 5) is 81.4. The summed E-state index contributed by atoms with van der Waals surface area (Å²) >= 11 is 13.7. The van der Waals surface area contributed by atoms with E-state index in [1.54, 1.807) is 44.1 Å². The van der Waals surface area contributed by atoms with Gasteiger partial charge in [-0.1, -0.05) is 74.3 Å². The molecule has 0 saturated heterocycles. The van der Waals surface area contributed by atoms with E-state index < -0.39 is 35.2 Å². The lowest BCUT2D eigenvalue weighted by Crippen LogP contribution is -2.08. The second kappa shape index (κ2) is 33.5. The molecule has 8 N–H and O–H groups in total. The zero-order valence-corrected chi connectivity index (χ0v) is 61.0. The fourth-order valence-electron chi connectivity index (χ4n) is 8.50. The summed E-state index contributed by atoms with van der Waals surface area (Å²) in [6.45, 7) is 27.1. The van der Waals surface area contributed by atoms with Gasteiger partial charge in [0.1, 0.15) is 42.9 Å². The van der Waals surface area contributed by atoms with Gasteiger partial charge >= 0.3 is 7.60 Å². The molecule has 0 bridgehead atoms. The molecule has 0 amide bonds. The number of hydrogen-bond acceptors (Lipinski definition) is 20. The van der Waals surface area contributed by atoms with Crippen molar-refractivity contribution in [2.45, 2.75) is 109 Å². The highest BCUT2D eigenvalue weighted by Crippen LogP contribution is 2.54. The number of nitrogen functional groups attached to an aromatic ring is 1. The Hall–Kier alpha value is -7.14. The van der Waals surface area contributed by atoms with Crippen LogP contribution in [0.3, 0.4) is 0 Å². The van der Waals surface area contributed by atoms with Gasteiger partial charge in [-0.05, 0) is 124 Å². The molecule has 0 aliphatic rings. The maximum Gasteiger partial charge on any atom is 0.335 e. The summed E-state index contributed by atoms with van der Waals surface area (Å²) in [5.41, 5.74) is 13.4. The number of nitrogens with zero attached hydrogens (tertiary/aromatic N) is 16. The van der Waals surface area contributed by atoms with Crippen molar-refractivity contribution in [3.63, 3.8) is 0 Å². The van der Waals surface area contributed by atoms with E-state index in [4.69, 9.17) is 44.0 Å². The molecule has 11 aromatic rings. The Balaban J connectivity index is 0.000000220. The van der Waals surface area contributed by atoms with Crippen LogP contribution in [0, 0.1) is 35.9 Å². The predicted octanol–water partition coefficient (Wildman–Crippen LogP) is 13.6. The third-order valence-electron chi connectivity index (χ3n) is 13.7. The third kappa shape index (κ3) is 20.7. The Morgan fingerprint density at radius 1 is 0.596 bits per heavy atom. The van der Waals surface area contributed by atoms with Crippen LogP contribution in [0.1, 0.15) is 105 Å². The van der Waals surface area contributed by atoms with Gasteiger partial charge in [0.15, 0.2) is 59.4 Å². The van der Waals surface area contributed by atoms with Gasteiger partial charge in [-0.2, -0.15) is 15.2 Å². The molecule has 8 heterocycles. The van der Waals surface area contributed by atoms with Crippen molar-refractivity contribution in [1.82, 2.24) is 78.5 Å². The Labute approximate surface area is 569 Å². The number of aromatic nitrogens is 16. The molecule has 3 atom stereocenters. The molecular formula is C60H79Cl2IN20O7P4. The van der Waals surface area contributed by atoms with Gasteiger partial charge in [0.2, 0.25) is 13.3 Å². The second-order valence-electron chi connectivity index (χ2n) is 22.0. The molecule has 3 unspecified atom stereocenters. The summed E-state index contributed by atoms with van der Waals surface area (Å²) in [7, 11) is -13.1. The number of rotatable bonds is 14. The van der Waals surface area contributed by atoms with Crippen molar-refractivity contribution in [1.29, 1.82) is 5.26 Å². The van der Waals surface area contributed by atoms with Crippen LogP contribution in [-0.2, 0) is 18.3 Å². The van der Waals surface area contributed by atoms with Crippen LogP contribution in [0.5, 0.6) is 0 Å². The van der Waals surface area contributed by atoms with Crippen LogP contribution in [-0.4, -0.2) is 125 Å². The number of anilines is 5. The van der Waals surface area contributed by atoms with Gasteiger partial charge in [0, 0.05) is 87.3 Å². The van der Waals surface area contributed by atoms with Crippen LogP contribution < -0.4 is 32.3 Å². The van der Waals surface area contributed by atoms with Gasteiger partial charge in [-0.3, -0.25) is 9.13 Å². The molecule has 0 aliphatic carbocycles. The summed E-state index contributed by atoms with van der Waals surface area (Å²) < 4.78 is 54.2. The van der Waals surface area contributed by atoms with E-state index in [1.165, 1.54) is 30.9 Å². The normalized spacial score (nSPS) is 13.0. The third-order valence-corrected chi connectivity index (χ3v) is 24.0. The first-order valence-electron chi connectivity index (χ1n) is 28.8. The Morgan fingerprint density at radius 2 is 0.989 bits per heavy atom. The highest BCUT2D eigenvalue weighted by atomic mass is 127. The minimum atomic E-state index is -4.61. The topological polar surface area (TPSA) is 388 Å². The van der Waals surface area contributed by atoms with Crippen LogP contribution >= 0.6 is 75.0 Å². The number of aryl methyl sites for hydroxylation is 3. The maximum absolute atomic E-state index is 12.5. The molecule has 94 heavy (non-hydrogen) atoms. The Kier molecular flexibility index (Phi) is 27.6. The molecule has 11 rings (SSSR count). The molecule has 502 valence electrons. The first kappa shape index (κ1) is 77.6. The molecule has 8 aromatic heterocycles. The van der Waals surface area contributed by atoms with Crippen molar-refractivity contribution in [3.8, 4) is 6.07 Å². The average Bonchev–Trinajstić information content (AvgIpc) is 1.62. The van der Waals surface area contributed by atoms with Gasteiger partial charge < -0.3 is 58.9 Å². The highest BCUT2D eigenvalue weighted by Gasteiger charge is 2.31. The minimum absolute atomic E-state index is 0. The van der Waals surface area contributed by atoms with Crippen LogP contribution in [0.15, 0.2) is 98.1 Å². The standard InChI is InChI=1S/C18H24N5OP.C16H21N5O5P2.C10H15OP.C8H8ClIN4.C5H4ClN5.C2H3N.CH4/c1-6-25(5,24)15-9-7-14(8-10-15)22-17-16-18(21-13(4)20-17)23(11-19-16)12(2)3;1-10(2)21-8-17-14-15(18-11(3)19-16(14)21)20-12-4-6-13(7-5-12)27(22,23)9-28(24,25)26;1-4-12(3,11)10-7-5-9(2)6-8-10;1-4(2)14-3-11-5-6(9)12-8(10)13-7(5)14;6-3-2-4(9-1-8-2)11-5(7)10-3;1-2-3;/h7-12H,6H2,1-5H3,(H,20,21,22);4-8,10H,9H2,1-3H3,(H,22,23)(H,18,19,20)(H2,24,25,26);5-8H,4H2,1-3H3;3-4H,1-2H3;1H,(H3,7,8,9,10,11);1H3;1H4. The van der Waals surface area contributed by atoms with Crippen molar-refractivity contribution in [2.75, 3.05) is 47.9 Å². The second-order valence-corrected chi connectivity index (χ2v) is 34.8. The first-order chi connectivity index (χ1) is 43.6. The fourth-order valence-corrected chi connectivity index (χ4v) is 15.1. The van der Waals surface area contributed by atoms with Crippen LogP contribution in [0.25, 0.3) is 44.7 Å². The van der Waals surface area contributed by atoms with E-state index >= 15 is 0 Å². The molecule has 0 aliphatic heterocycles. The van der Waals surface area contributed by atoms with E-state index in [1.807, 2.05) is 140 Å². The number of halogens is 3. The lowest BCUT2D eigenvalue weighted by molar-refractivity contribution is 0.376. The lowest BCUT2D eigenvalue weighted by Gasteiger charge is -2.14. The zero-order valence-electron chi connectivity index (χ0n) is 53.7. The Bertz CT molecular complexity index is 4610. The molecular weight excluding hydrogens is 1430 g/mol. The summed E-state index contributed by atoms with van der Waals surface area (Å²) in [6, 6.07) is 24.0. The van der Waals surface area contributed by atoms with E-state index in [9.17, 15) is 23.2 Å². The van der Waals surface area contributed by atoms with Crippen molar-refractivity contribution >= 4 is 165 Å².